The lowest BCUT2D eigenvalue weighted by Crippen LogP contribution is -2.35. The van der Waals surface area contributed by atoms with E-state index >= 15 is 0 Å². The third-order valence-electron chi connectivity index (χ3n) is 5.27. The van der Waals surface area contributed by atoms with Gasteiger partial charge in [0, 0.05) is 6.54 Å². The van der Waals surface area contributed by atoms with E-state index in [0.29, 0.717) is 41.6 Å². The predicted octanol–water partition coefficient (Wildman–Crippen LogP) is 5.21. The molecule has 3 rings (SSSR count). The molecule has 0 aliphatic carbocycles. The second kappa shape index (κ2) is 13.2. The summed E-state index contributed by atoms with van der Waals surface area (Å²) >= 11 is 5.36. The van der Waals surface area contributed by atoms with Crippen LogP contribution >= 0.6 is 12.2 Å². The lowest BCUT2D eigenvalue weighted by molar-refractivity contribution is 0.0952. The van der Waals surface area contributed by atoms with Crippen LogP contribution in [0.5, 0.6) is 5.75 Å². The maximum Gasteiger partial charge on any atom is 0.261 e. The van der Waals surface area contributed by atoms with Crippen LogP contribution in [0.25, 0.3) is 0 Å². The van der Waals surface area contributed by atoms with Crippen LogP contribution < -0.4 is 20.7 Å². The predicted molar refractivity (Wildman–Crippen MR) is 144 cm³/mol. The molecular formula is C28H31N3O3S. The fourth-order valence-electron chi connectivity index (χ4n) is 3.36. The number of anilines is 1. The van der Waals surface area contributed by atoms with E-state index in [1.807, 2.05) is 36.4 Å². The summed E-state index contributed by atoms with van der Waals surface area (Å²) in [6.45, 7) is 5.27. The summed E-state index contributed by atoms with van der Waals surface area (Å²) in [7, 11) is 0. The highest BCUT2D eigenvalue weighted by atomic mass is 32.1. The smallest absolute Gasteiger partial charge is 0.261 e. The van der Waals surface area contributed by atoms with Gasteiger partial charge in [0.15, 0.2) is 5.11 Å². The minimum absolute atomic E-state index is 0.0940. The van der Waals surface area contributed by atoms with Crippen molar-refractivity contribution in [1.29, 1.82) is 0 Å². The molecule has 0 spiro atoms. The molecule has 0 radical (unpaired) electrons. The van der Waals surface area contributed by atoms with Crippen LogP contribution in [0, 0.1) is 5.92 Å². The lowest BCUT2D eigenvalue weighted by Gasteiger charge is -2.15. The zero-order valence-electron chi connectivity index (χ0n) is 20.0. The summed E-state index contributed by atoms with van der Waals surface area (Å²) in [5.41, 5.74) is 2.50. The van der Waals surface area contributed by atoms with Crippen LogP contribution in [0.4, 0.5) is 5.69 Å². The fourth-order valence-corrected chi connectivity index (χ4v) is 3.56. The molecule has 3 aromatic rings. The molecule has 0 aromatic heterocycles. The Hall–Kier alpha value is -3.71. The molecule has 182 valence electrons. The topological polar surface area (TPSA) is 79.5 Å². The molecule has 0 bridgehead atoms. The van der Waals surface area contributed by atoms with Crippen molar-refractivity contribution in [2.75, 3.05) is 18.5 Å². The molecule has 0 aliphatic rings. The molecule has 0 fully saturated rings. The van der Waals surface area contributed by atoms with E-state index in [4.69, 9.17) is 17.0 Å². The third-order valence-corrected chi connectivity index (χ3v) is 5.48. The van der Waals surface area contributed by atoms with Crippen molar-refractivity contribution in [1.82, 2.24) is 10.6 Å². The van der Waals surface area contributed by atoms with E-state index in [2.05, 4.69) is 29.8 Å². The Labute approximate surface area is 212 Å². The SMILES string of the molecule is CC(C)CCOc1ccccc1C(=O)NC(=S)Nc1ccccc1C(=O)NCCc1ccccc1. The highest BCUT2D eigenvalue weighted by molar-refractivity contribution is 7.80. The van der Waals surface area contributed by atoms with Gasteiger partial charge in [-0.25, -0.2) is 0 Å². The Kier molecular flexibility index (Phi) is 9.80. The van der Waals surface area contributed by atoms with Crippen LogP contribution in [0.15, 0.2) is 78.9 Å². The molecule has 0 heterocycles. The number of carbonyl (C=O) groups excluding carboxylic acids is 2. The van der Waals surface area contributed by atoms with E-state index in [9.17, 15) is 9.59 Å². The Balaban J connectivity index is 1.59. The van der Waals surface area contributed by atoms with Gasteiger partial charge in [-0.1, -0.05) is 68.4 Å². The molecule has 0 saturated heterocycles. The third kappa shape index (κ3) is 8.22. The van der Waals surface area contributed by atoms with Crippen molar-refractivity contribution in [3.05, 3.63) is 95.6 Å². The molecule has 3 aromatic carbocycles. The molecule has 3 N–H and O–H groups in total. The second-order valence-electron chi connectivity index (χ2n) is 8.47. The molecule has 35 heavy (non-hydrogen) atoms. The fraction of sp³-hybridized carbons (Fsp3) is 0.250. The van der Waals surface area contributed by atoms with E-state index in [-0.39, 0.29) is 16.9 Å². The van der Waals surface area contributed by atoms with Gasteiger partial charge in [0.25, 0.3) is 11.8 Å². The summed E-state index contributed by atoms with van der Waals surface area (Å²) < 4.78 is 5.81. The van der Waals surface area contributed by atoms with Crippen molar-refractivity contribution >= 4 is 34.8 Å². The van der Waals surface area contributed by atoms with Crippen LogP contribution in [0.1, 0.15) is 46.5 Å². The molecule has 0 atom stereocenters. The molecule has 7 heteroatoms. The van der Waals surface area contributed by atoms with Crippen molar-refractivity contribution in [3.63, 3.8) is 0 Å². The first-order chi connectivity index (χ1) is 16.9. The first kappa shape index (κ1) is 25.9. The van der Waals surface area contributed by atoms with Gasteiger partial charge in [-0.05, 0) is 60.8 Å². The number of para-hydroxylation sites is 2. The Morgan fingerprint density at radius 1 is 0.857 bits per heavy atom. The van der Waals surface area contributed by atoms with Crippen LogP contribution in [0.2, 0.25) is 0 Å². The van der Waals surface area contributed by atoms with Crippen molar-refractivity contribution in [2.24, 2.45) is 5.92 Å². The Morgan fingerprint density at radius 3 is 2.26 bits per heavy atom. The van der Waals surface area contributed by atoms with E-state index < -0.39 is 0 Å². The summed E-state index contributed by atoms with van der Waals surface area (Å²) in [4.78, 5) is 25.6. The molecule has 0 unspecified atom stereocenters. The van der Waals surface area contributed by atoms with Crippen molar-refractivity contribution < 1.29 is 14.3 Å². The highest BCUT2D eigenvalue weighted by Crippen LogP contribution is 2.19. The number of amides is 2. The highest BCUT2D eigenvalue weighted by Gasteiger charge is 2.16. The number of nitrogens with one attached hydrogen (secondary N) is 3. The second-order valence-corrected chi connectivity index (χ2v) is 8.88. The zero-order valence-corrected chi connectivity index (χ0v) is 20.9. The maximum atomic E-state index is 12.9. The minimum Gasteiger partial charge on any atom is -0.493 e. The van der Waals surface area contributed by atoms with Gasteiger partial charge >= 0.3 is 0 Å². The first-order valence-electron chi connectivity index (χ1n) is 11.7. The van der Waals surface area contributed by atoms with Crippen molar-refractivity contribution in [2.45, 2.75) is 26.7 Å². The number of hydrogen-bond acceptors (Lipinski definition) is 4. The average molecular weight is 490 g/mol. The summed E-state index contributed by atoms with van der Waals surface area (Å²) in [5.74, 6) is 0.407. The summed E-state index contributed by atoms with van der Waals surface area (Å²) in [6, 6.07) is 24.0. The van der Waals surface area contributed by atoms with Gasteiger partial charge in [-0.3, -0.25) is 14.9 Å². The number of hydrogen-bond donors (Lipinski definition) is 3. The normalized spacial score (nSPS) is 10.5. The number of ether oxygens (including phenoxy) is 1. The molecule has 6 nitrogen and oxygen atoms in total. The monoisotopic (exact) mass is 489 g/mol. The van der Waals surface area contributed by atoms with E-state index in [0.717, 1.165) is 18.4 Å². The molecule has 0 saturated carbocycles. The van der Waals surface area contributed by atoms with Crippen molar-refractivity contribution in [3.8, 4) is 5.75 Å². The summed E-state index contributed by atoms with van der Waals surface area (Å²) in [6.07, 6.45) is 1.62. The number of thiocarbonyl (C=S) groups is 1. The minimum atomic E-state index is -0.382. The Morgan fingerprint density at radius 2 is 1.51 bits per heavy atom. The van der Waals surface area contributed by atoms with Gasteiger partial charge in [-0.2, -0.15) is 0 Å². The number of rotatable bonds is 10. The first-order valence-corrected chi connectivity index (χ1v) is 12.1. The van der Waals surface area contributed by atoms with E-state index in [1.54, 1.807) is 42.5 Å². The molecular weight excluding hydrogens is 458 g/mol. The summed E-state index contributed by atoms with van der Waals surface area (Å²) in [5, 5.41) is 8.69. The van der Waals surface area contributed by atoms with Gasteiger partial charge < -0.3 is 15.4 Å². The van der Waals surface area contributed by atoms with Gasteiger partial charge in [-0.15, -0.1) is 0 Å². The molecule has 2 amide bonds. The standard InChI is InChI=1S/C28H31N3O3S/c1-20(2)17-19-34-25-15-9-7-13-23(25)27(33)31-28(35)30-24-14-8-6-12-22(24)26(32)29-18-16-21-10-4-3-5-11-21/h3-15,20H,16-19H2,1-2H3,(H,29,32)(H2,30,31,33,35). The van der Waals surface area contributed by atoms with Gasteiger partial charge in [0.2, 0.25) is 0 Å². The van der Waals surface area contributed by atoms with Crippen LogP contribution in [-0.4, -0.2) is 30.1 Å². The van der Waals surface area contributed by atoms with Gasteiger partial charge in [0.1, 0.15) is 5.75 Å². The largest absolute Gasteiger partial charge is 0.493 e. The lowest BCUT2D eigenvalue weighted by atomic mass is 10.1. The average Bonchev–Trinajstić information content (AvgIpc) is 2.85. The number of benzene rings is 3. The maximum absolute atomic E-state index is 12.9. The number of carbonyl (C=O) groups is 2. The van der Waals surface area contributed by atoms with Crippen LogP contribution in [0.3, 0.4) is 0 Å². The quantitative estimate of drug-likeness (QED) is 0.341. The van der Waals surface area contributed by atoms with Gasteiger partial charge in [0.05, 0.1) is 23.4 Å². The Bertz CT molecular complexity index is 1150. The molecule has 0 aliphatic heterocycles. The zero-order chi connectivity index (χ0) is 25.0. The van der Waals surface area contributed by atoms with Crippen LogP contribution in [-0.2, 0) is 6.42 Å². The van der Waals surface area contributed by atoms with E-state index in [1.165, 1.54) is 0 Å².